The number of halogens is 5. The van der Waals surface area contributed by atoms with Crippen molar-refractivity contribution < 1.29 is 46.1 Å². The molecule has 1 aliphatic heterocycles. The second-order valence-electron chi connectivity index (χ2n) is 10.6. The second-order valence-corrected chi connectivity index (χ2v) is 10.6. The lowest BCUT2D eigenvalue weighted by molar-refractivity contribution is -0.0526. The first-order valence-corrected chi connectivity index (χ1v) is 14.3. The smallest absolute Gasteiger partial charge is 0.404 e. The number of fused-ring (bicyclic) bond motifs is 1. The zero-order valence-electron chi connectivity index (χ0n) is 24.9. The molecule has 17 nitrogen and oxygen atoms in total. The standard InChI is InChI=1S/C27H25F5N12O5/c28-14(7-34-27(46)47)9-41-10-15(11-41)44-38-21(37-40-44)13-42-12-19(36-24(45)18-8-35-43-5-1-4-33-23(18)43)22(39-42)17-6-16(48-25(29)30)2-3-20(17)49-26(31)32/h1-6,8,12,14-15,25-26,34H,7,9-11,13H2,(H,36,45)(H,46,47). The van der Waals surface area contributed by atoms with Crippen molar-refractivity contribution in [3.05, 3.63) is 60.4 Å². The third-order valence-corrected chi connectivity index (χ3v) is 7.15. The minimum absolute atomic E-state index is 0.00897. The first-order valence-electron chi connectivity index (χ1n) is 14.3. The van der Waals surface area contributed by atoms with Crippen molar-refractivity contribution in [3.8, 4) is 22.8 Å². The van der Waals surface area contributed by atoms with Crippen LogP contribution in [0.25, 0.3) is 16.9 Å². The second kappa shape index (κ2) is 14.0. The van der Waals surface area contributed by atoms with Crippen LogP contribution in [-0.4, -0.2) is 112 Å². The van der Waals surface area contributed by atoms with Crippen LogP contribution in [-0.2, 0) is 6.54 Å². The van der Waals surface area contributed by atoms with Crippen LogP contribution in [0.5, 0.6) is 11.5 Å². The lowest BCUT2D eigenvalue weighted by Crippen LogP contribution is -2.51. The molecule has 49 heavy (non-hydrogen) atoms. The number of tetrazole rings is 1. The van der Waals surface area contributed by atoms with Gasteiger partial charge in [0, 0.05) is 38.2 Å². The van der Waals surface area contributed by atoms with Crippen LogP contribution >= 0.6 is 0 Å². The van der Waals surface area contributed by atoms with Crippen LogP contribution < -0.4 is 20.1 Å². The molecule has 6 rings (SSSR count). The van der Waals surface area contributed by atoms with E-state index in [2.05, 4.69) is 45.4 Å². The molecule has 5 heterocycles. The van der Waals surface area contributed by atoms with E-state index in [9.17, 15) is 31.5 Å². The molecule has 1 aliphatic rings. The van der Waals surface area contributed by atoms with Crippen LogP contribution in [0.1, 0.15) is 22.2 Å². The number of carbonyl (C=O) groups is 2. The molecule has 1 unspecified atom stereocenters. The Balaban J connectivity index is 1.25. The average molecular weight is 693 g/mol. The minimum Gasteiger partial charge on any atom is -0.465 e. The number of carbonyl (C=O) groups excluding carboxylic acids is 1. The largest absolute Gasteiger partial charge is 0.465 e. The van der Waals surface area contributed by atoms with Gasteiger partial charge in [-0.05, 0) is 29.5 Å². The molecule has 0 bridgehead atoms. The van der Waals surface area contributed by atoms with E-state index in [1.807, 2.05) is 5.32 Å². The van der Waals surface area contributed by atoms with E-state index in [0.29, 0.717) is 13.1 Å². The van der Waals surface area contributed by atoms with Gasteiger partial charge in [-0.1, -0.05) is 0 Å². The fourth-order valence-corrected chi connectivity index (χ4v) is 5.04. The van der Waals surface area contributed by atoms with E-state index < -0.39 is 37.1 Å². The van der Waals surface area contributed by atoms with Crippen LogP contribution in [0.15, 0.2) is 49.1 Å². The Kier molecular flexibility index (Phi) is 9.46. The van der Waals surface area contributed by atoms with Crippen LogP contribution in [0.2, 0.25) is 0 Å². The van der Waals surface area contributed by atoms with Gasteiger partial charge in [0.25, 0.3) is 5.91 Å². The molecule has 258 valence electrons. The van der Waals surface area contributed by atoms with Crippen molar-refractivity contribution in [3.63, 3.8) is 0 Å². The van der Waals surface area contributed by atoms with Gasteiger partial charge in [0.05, 0.1) is 30.0 Å². The van der Waals surface area contributed by atoms with Crippen LogP contribution in [0.4, 0.5) is 32.4 Å². The Morgan fingerprint density at radius 2 is 1.88 bits per heavy atom. The lowest BCUT2D eigenvalue weighted by atomic mass is 10.1. The van der Waals surface area contributed by atoms with Crippen molar-refractivity contribution in [2.75, 3.05) is 31.5 Å². The molecule has 2 amide bonds. The molecule has 22 heteroatoms. The van der Waals surface area contributed by atoms with Gasteiger partial charge in [-0.15, -0.1) is 10.2 Å². The van der Waals surface area contributed by atoms with Crippen molar-refractivity contribution in [1.29, 1.82) is 0 Å². The number of aromatic nitrogens is 9. The SMILES string of the molecule is O=C(O)NCC(F)CN1CC(n2nnc(Cn3cc(NC(=O)c4cnn5cccnc45)c(-c4cc(OC(F)F)ccc4OC(F)F)n3)n2)C1. The Morgan fingerprint density at radius 1 is 1.08 bits per heavy atom. The van der Waals surface area contributed by atoms with Gasteiger partial charge in [0.15, 0.2) is 11.5 Å². The predicted octanol–water partition coefficient (Wildman–Crippen LogP) is 2.55. The van der Waals surface area contributed by atoms with E-state index in [1.165, 1.54) is 32.6 Å². The van der Waals surface area contributed by atoms with Crippen LogP contribution in [0.3, 0.4) is 0 Å². The molecule has 3 N–H and O–H groups in total. The molecule has 0 spiro atoms. The number of amides is 2. The highest BCUT2D eigenvalue weighted by Crippen LogP contribution is 2.38. The number of nitrogens with one attached hydrogen (secondary N) is 2. The molecule has 5 aromatic rings. The Labute approximate surface area is 271 Å². The number of ether oxygens (including phenoxy) is 2. The average Bonchev–Trinajstić information content (AvgIpc) is 3.77. The van der Waals surface area contributed by atoms with E-state index in [0.717, 1.165) is 18.2 Å². The molecular weight excluding hydrogens is 667 g/mol. The number of rotatable bonds is 14. The van der Waals surface area contributed by atoms with Gasteiger partial charge < -0.3 is 25.2 Å². The normalized spacial score (nSPS) is 14.3. The Morgan fingerprint density at radius 3 is 2.63 bits per heavy atom. The molecular formula is C27H25F5N12O5. The molecule has 1 aromatic carbocycles. The van der Waals surface area contributed by atoms with E-state index in [1.54, 1.807) is 17.2 Å². The first kappa shape index (κ1) is 33.0. The van der Waals surface area contributed by atoms with Gasteiger partial charge >= 0.3 is 19.3 Å². The summed E-state index contributed by atoms with van der Waals surface area (Å²) in [5, 5.41) is 34.1. The summed E-state index contributed by atoms with van der Waals surface area (Å²) in [4.78, 5) is 31.2. The van der Waals surface area contributed by atoms with Crippen molar-refractivity contribution in [2.24, 2.45) is 0 Å². The zero-order chi connectivity index (χ0) is 34.7. The number of carboxylic acid groups (broad SMARTS) is 1. The van der Waals surface area contributed by atoms with Gasteiger partial charge in [0.2, 0.25) is 0 Å². The summed E-state index contributed by atoms with van der Waals surface area (Å²) in [7, 11) is 0. The fraction of sp³-hybridized carbons (Fsp3) is 0.333. The van der Waals surface area contributed by atoms with Crippen molar-refractivity contribution >= 4 is 23.3 Å². The maximum Gasteiger partial charge on any atom is 0.404 e. The molecule has 1 saturated heterocycles. The number of alkyl halides is 5. The van der Waals surface area contributed by atoms with Gasteiger partial charge in [-0.3, -0.25) is 14.4 Å². The summed E-state index contributed by atoms with van der Waals surface area (Å²) in [5.74, 6) is -1.37. The predicted molar refractivity (Wildman–Crippen MR) is 155 cm³/mol. The third kappa shape index (κ3) is 7.80. The summed E-state index contributed by atoms with van der Waals surface area (Å²) in [6.07, 6.45) is 2.93. The van der Waals surface area contributed by atoms with Crippen molar-refractivity contribution in [2.45, 2.75) is 32.0 Å². The summed E-state index contributed by atoms with van der Waals surface area (Å²) in [6, 6.07) is 4.39. The highest BCUT2D eigenvalue weighted by Gasteiger charge is 2.32. The molecule has 0 aliphatic carbocycles. The lowest BCUT2D eigenvalue weighted by Gasteiger charge is -2.38. The highest BCUT2D eigenvalue weighted by atomic mass is 19.3. The van der Waals surface area contributed by atoms with Gasteiger partial charge in [-0.2, -0.15) is 32.6 Å². The van der Waals surface area contributed by atoms with Gasteiger partial charge in [-0.25, -0.2) is 18.7 Å². The highest BCUT2D eigenvalue weighted by molar-refractivity contribution is 6.09. The summed E-state index contributed by atoms with van der Waals surface area (Å²) in [5.41, 5.74) is -0.102. The monoisotopic (exact) mass is 692 g/mol. The molecule has 1 fully saturated rings. The third-order valence-electron chi connectivity index (χ3n) is 7.15. The Bertz CT molecular complexity index is 1950. The summed E-state index contributed by atoms with van der Waals surface area (Å²) in [6.45, 7) is -6.21. The number of benzene rings is 1. The quantitative estimate of drug-likeness (QED) is 0.144. The number of nitrogens with zero attached hydrogens (tertiary/aromatic N) is 10. The summed E-state index contributed by atoms with van der Waals surface area (Å²) < 4.78 is 78.5. The van der Waals surface area contributed by atoms with E-state index >= 15 is 0 Å². The first-order chi connectivity index (χ1) is 23.5. The Hall–Kier alpha value is -5.93. The maximum atomic E-state index is 14.0. The molecule has 0 saturated carbocycles. The topological polar surface area (TPSA) is 192 Å². The minimum atomic E-state index is -3.29. The van der Waals surface area contributed by atoms with Crippen LogP contribution in [0, 0.1) is 0 Å². The number of anilines is 1. The van der Waals surface area contributed by atoms with Crippen molar-refractivity contribution in [1.82, 2.24) is 54.8 Å². The summed E-state index contributed by atoms with van der Waals surface area (Å²) >= 11 is 0. The van der Waals surface area contributed by atoms with Gasteiger partial charge in [0.1, 0.15) is 35.5 Å². The number of hydrogen-bond acceptors (Lipinski definition) is 11. The maximum absolute atomic E-state index is 14.0. The molecule has 1 atom stereocenters. The number of likely N-dealkylation sites (tertiary alicyclic amines) is 1. The fourth-order valence-electron chi connectivity index (χ4n) is 5.04. The van der Waals surface area contributed by atoms with E-state index in [-0.39, 0.29) is 65.4 Å². The zero-order valence-corrected chi connectivity index (χ0v) is 24.9. The van der Waals surface area contributed by atoms with E-state index in [4.69, 9.17) is 5.11 Å². The molecule has 4 aromatic heterocycles. The number of hydrogen-bond donors (Lipinski definition) is 3. The molecule has 0 radical (unpaired) electrons.